The van der Waals surface area contributed by atoms with Crippen molar-refractivity contribution in [2.24, 2.45) is 0 Å². The van der Waals surface area contributed by atoms with Gasteiger partial charge in [-0.1, -0.05) is 18.2 Å². The van der Waals surface area contributed by atoms with Crippen molar-refractivity contribution >= 4 is 16.6 Å². The van der Waals surface area contributed by atoms with Crippen molar-refractivity contribution in [2.45, 2.75) is 32.5 Å². The average Bonchev–Trinajstić information content (AvgIpc) is 2.93. The topological polar surface area (TPSA) is 77.9 Å². The van der Waals surface area contributed by atoms with Gasteiger partial charge in [0, 0.05) is 30.6 Å². The van der Waals surface area contributed by atoms with Crippen molar-refractivity contribution in [1.29, 1.82) is 0 Å². The summed E-state index contributed by atoms with van der Waals surface area (Å²) in [6.07, 6.45) is 0.926. The average molecular weight is 359 g/mol. The maximum Gasteiger partial charge on any atom is 0.105 e. The van der Waals surface area contributed by atoms with E-state index in [0.717, 1.165) is 47.4 Å². The summed E-state index contributed by atoms with van der Waals surface area (Å²) >= 11 is 0. The van der Waals surface area contributed by atoms with Crippen LogP contribution in [0, 0.1) is 0 Å². The van der Waals surface area contributed by atoms with E-state index >= 15 is 0 Å². The molecule has 0 radical (unpaired) electrons. The number of rotatable bonds is 9. The van der Waals surface area contributed by atoms with Crippen LogP contribution in [0.3, 0.4) is 0 Å². The van der Waals surface area contributed by atoms with E-state index in [-0.39, 0.29) is 18.8 Å². The van der Waals surface area contributed by atoms with Gasteiger partial charge in [-0.05, 0) is 32.9 Å². The highest BCUT2D eigenvalue weighted by atomic mass is 16.5. The van der Waals surface area contributed by atoms with E-state index in [1.54, 1.807) is 0 Å². The molecule has 0 amide bonds. The number of hydrogen-bond acceptors (Lipinski definition) is 6. The predicted molar refractivity (Wildman–Crippen MR) is 103 cm³/mol. The molecule has 0 atom stereocenters. The molecule has 0 saturated carbocycles. The highest BCUT2D eigenvalue weighted by molar-refractivity contribution is 5.93. The molecule has 1 aromatic heterocycles. The Morgan fingerprint density at radius 2 is 1.88 bits per heavy atom. The van der Waals surface area contributed by atoms with Gasteiger partial charge in [0.1, 0.15) is 5.60 Å². The predicted octanol–water partition coefficient (Wildman–Crippen LogP) is 2.09. The molecule has 0 spiro atoms. The Labute approximate surface area is 154 Å². The molecule has 1 aliphatic heterocycles. The molecule has 6 heteroatoms. The lowest BCUT2D eigenvalue weighted by atomic mass is 9.99. The molecule has 3 rings (SSSR count). The van der Waals surface area contributed by atoms with Crippen LogP contribution < -0.4 is 5.32 Å². The molecule has 1 aliphatic rings. The quantitative estimate of drug-likeness (QED) is 0.595. The Morgan fingerprint density at radius 1 is 1.15 bits per heavy atom. The second-order valence-electron chi connectivity index (χ2n) is 7.20. The number of pyridine rings is 1. The van der Waals surface area contributed by atoms with E-state index in [1.165, 1.54) is 0 Å². The standard InChI is InChI=1S/C20H29N3O3/c1-20(2)19-16(14-26-20)18(15-6-3-4-7-17(15)22-19)21-8-5-9-23(10-12-24)11-13-25/h3-4,6-7,24-25H,5,8-14H2,1-2H3,(H,21,22). The van der Waals surface area contributed by atoms with Crippen LogP contribution in [0.2, 0.25) is 0 Å². The number of hydrogen-bond donors (Lipinski definition) is 3. The molecule has 0 aliphatic carbocycles. The van der Waals surface area contributed by atoms with Gasteiger partial charge in [-0.2, -0.15) is 0 Å². The fourth-order valence-electron chi connectivity index (χ4n) is 3.55. The van der Waals surface area contributed by atoms with Crippen LogP contribution in [0.1, 0.15) is 31.5 Å². The third-order valence-corrected chi connectivity index (χ3v) is 4.93. The minimum Gasteiger partial charge on any atom is -0.395 e. The number of aliphatic hydroxyl groups is 2. The van der Waals surface area contributed by atoms with Crippen molar-refractivity contribution < 1.29 is 14.9 Å². The summed E-state index contributed by atoms with van der Waals surface area (Å²) in [6.45, 7) is 7.76. The van der Waals surface area contributed by atoms with Gasteiger partial charge < -0.3 is 20.3 Å². The molecule has 2 heterocycles. The Hall–Kier alpha value is -1.73. The zero-order chi connectivity index (χ0) is 18.6. The summed E-state index contributed by atoms with van der Waals surface area (Å²) in [4.78, 5) is 6.92. The first-order valence-corrected chi connectivity index (χ1v) is 9.31. The number of ether oxygens (including phenoxy) is 1. The summed E-state index contributed by atoms with van der Waals surface area (Å²) in [6, 6.07) is 8.18. The lowest BCUT2D eigenvalue weighted by molar-refractivity contribution is -0.00989. The Morgan fingerprint density at radius 3 is 2.62 bits per heavy atom. The van der Waals surface area contributed by atoms with Gasteiger partial charge in [0.15, 0.2) is 0 Å². The number of nitrogens with zero attached hydrogens (tertiary/aromatic N) is 2. The van der Waals surface area contributed by atoms with Crippen LogP contribution in [-0.4, -0.2) is 59.5 Å². The molecule has 0 saturated heterocycles. The number of fused-ring (bicyclic) bond motifs is 2. The minimum atomic E-state index is -0.366. The molecule has 6 nitrogen and oxygen atoms in total. The van der Waals surface area contributed by atoms with Gasteiger partial charge in [-0.25, -0.2) is 4.98 Å². The molecule has 1 aromatic carbocycles. The molecule has 2 aromatic rings. The Balaban J connectivity index is 1.75. The number of nitrogens with one attached hydrogen (secondary N) is 1. The van der Waals surface area contributed by atoms with E-state index in [1.807, 2.05) is 18.2 Å². The van der Waals surface area contributed by atoms with Crippen LogP contribution in [0.25, 0.3) is 10.9 Å². The molecule has 3 N–H and O–H groups in total. The molecular formula is C20H29N3O3. The third-order valence-electron chi connectivity index (χ3n) is 4.93. The Kier molecular flexibility index (Phi) is 6.09. The minimum absolute atomic E-state index is 0.113. The van der Waals surface area contributed by atoms with Crippen molar-refractivity contribution in [3.05, 3.63) is 35.5 Å². The summed E-state index contributed by atoms with van der Waals surface area (Å²) in [5, 5.41) is 22.9. The van der Waals surface area contributed by atoms with Gasteiger partial charge in [0.25, 0.3) is 0 Å². The summed E-state index contributed by atoms with van der Waals surface area (Å²) in [7, 11) is 0. The second-order valence-corrected chi connectivity index (χ2v) is 7.20. The largest absolute Gasteiger partial charge is 0.395 e. The van der Waals surface area contributed by atoms with Crippen LogP contribution in [-0.2, 0) is 16.9 Å². The Bertz CT molecular complexity index is 742. The molecule has 142 valence electrons. The lowest BCUT2D eigenvalue weighted by Gasteiger charge is -2.21. The highest BCUT2D eigenvalue weighted by Crippen LogP contribution is 2.41. The second kappa shape index (κ2) is 8.31. The van der Waals surface area contributed by atoms with Crippen LogP contribution in [0.15, 0.2) is 24.3 Å². The van der Waals surface area contributed by atoms with E-state index < -0.39 is 0 Å². The zero-order valence-corrected chi connectivity index (χ0v) is 15.7. The third kappa shape index (κ3) is 3.99. The van der Waals surface area contributed by atoms with Gasteiger partial charge in [0.05, 0.1) is 36.7 Å². The van der Waals surface area contributed by atoms with Gasteiger partial charge in [0.2, 0.25) is 0 Å². The molecule has 0 unspecified atom stereocenters. The number of benzene rings is 1. The van der Waals surface area contributed by atoms with Gasteiger partial charge >= 0.3 is 0 Å². The lowest BCUT2D eigenvalue weighted by Crippen LogP contribution is -2.31. The van der Waals surface area contributed by atoms with E-state index in [2.05, 4.69) is 30.1 Å². The molecule has 0 bridgehead atoms. The van der Waals surface area contributed by atoms with E-state index in [4.69, 9.17) is 19.9 Å². The maximum atomic E-state index is 9.11. The fraction of sp³-hybridized carbons (Fsp3) is 0.550. The first kappa shape index (κ1) is 19.0. The normalized spacial score (nSPS) is 15.6. The summed E-state index contributed by atoms with van der Waals surface area (Å²) in [5.41, 5.74) is 3.90. The van der Waals surface area contributed by atoms with Crippen molar-refractivity contribution in [3.63, 3.8) is 0 Å². The number of anilines is 1. The van der Waals surface area contributed by atoms with E-state index in [0.29, 0.717) is 19.7 Å². The molecule has 0 fully saturated rings. The first-order chi connectivity index (χ1) is 12.6. The SMILES string of the molecule is CC1(C)OCc2c1nc1ccccc1c2NCCCN(CCO)CCO. The summed E-state index contributed by atoms with van der Waals surface area (Å²) < 4.78 is 5.96. The maximum absolute atomic E-state index is 9.11. The smallest absolute Gasteiger partial charge is 0.105 e. The van der Waals surface area contributed by atoms with Crippen LogP contribution >= 0.6 is 0 Å². The zero-order valence-electron chi connectivity index (χ0n) is 15.7. The number of para-hydroxylation sites is 1. The van der Waals surface area contributed by atoms with Gasteiger partial charge in [-0.3, -0.25) is 4.90 Å². The molecular weight excluding hydrogens is 330 g/mol. The summed E-state index contributed by atoms with van der Waals surface area (Å²) in [5.74, 6) is 0. The highest BCUT2D eigenvalue weighted by Gasteiger charge is 2.35. The van der Waals surface area contributed by atoms with Crippen LogP contribution in [0.4, 0.5) is 5.69 Å². The molecule has 26 heavy (non-hydrogen) atoms. The first-order valence-electron chi connectivity index (χ1n) is 9.31. The monoisotopic (exact) mass is 359 g/mol. The van der Waals surface area contributed by atoms with Gasteiger partial charge in [-0.15, -0.1) is 0 Å². The van der Waals surface area contributed by atoms with Crippen molar-refractivity contribution in [3.8, 4) is 0 Å². The van der Waals surface area contributed by atoms with Crippen molar-refractivity contribution in [1.82, 2.24) is 9.88 Å². The van der Waals surface area contributed by atoms with Crippen LogP contribution in [0.5, 0.6) is 0 Å². The van der Waals surface area contributed by atoms with E-state index in [9.17, 15) is 0 Å². The van der Waals surface area contributed by atoms with Crippen molar-refractivity contribution in [2.75, 3.05) is 44.7 Å². The number of aliphatic hydroxyl groups excluding tert-OH is 2. The fourth-order valence-corrected chi connectivity index (χ4v) is 3.55. The number of aromatic nitrogens is 1.